The van der Waals surface area contributed by atoms with Gasteiger partial charge in [0.25, 0.3) is 0 Å². The Balaban J connectivity index is 2.44. The topological polar surface area (TPSA) is 75.8 Å². The summed E-state index contributed by atoms with van der Waals surface area (Å²) in [5.41, 5.74) is 5.65. The lowest BCUT2D eigenvalue weighted by Gasteiger charge is -2.31. The third-order valence-electron chi connectivity index (χ3n) is 3.78. The lowest BCUT2D eigenvalue weighted by atomic mass is 9.81. The van der Waals surface area contributed by atoms with Crippen LogP contribution >= 0.6 is 0 Å². The number of ether oxygens (including phenoxy) is 1. The fourth-order valence-corrected chi connectivity index (χ4v) is 2.56. The Hall–Kier alpha value is -0.650. The van der Waals surface area contributed by atoms with Gasteiger partial charge < -0.3 is 20.5 Å². The molecule has 5 heteroatoms. The van der Waals surface area contributed by atoms with E-state index in [2.05, 4.69) is 0 Å². The number of hydrogen-bond acceptors (Lipinski definition) is 4. The third kappa shape index (κ3) is 4.55. The molecule has 3 N–H and O–H groups in total. The zero-order valence-electron chi connectivity index (χ0n) is 11.3. The van der Waals surface area contributed by atoms with Crippen molar-refractivity contribution in [3.05, 3.63) is 0 Å². The first kappa shape index (κ1) is 15.4. The van der Waals surface area contributed by atoms with Gasteiger partial charge in [0.1, 0.15) is 0 Å². The summed E-state index contributed by atoms with van der Waals surface area (Å²) in [5.74, 6) is 0.854. The normalized spacial score (nSPS) is 23.9. The van der Waals surface area contributed by atoms with Gasteiger partial charge in [-0.05, 0) is 38.1 Å². The van der Waals surface area contributed by atoms with E-state index in [4.69, 9.17) is 15.6 Å². The van der Waals surface area contributed by atoms with E-state index in [-0.39, 0.29) is 18.4 Å². The first-order chi connectivity index (χ1) is 8.72. The van der Waals surface area contributed by atoms with Crippen LogP contribution in [0.2, 0.25) is 0 Å². The van der Waals surface area contributed by atoms with Crippen molar-refractivity contribution >= 4 is 5.91 Å². The number of hydrogen-bond donors (Lipinski definition) is 2. The highest BCUT2D eigenvalue weighted by Gasteiger charge is 2.28. The van der Waals surface area contributed by atoms with Crippen molar-refractivity contribution in [2.45, 2.75) is 25.7 Å². The zero-order chi connectivity index (χ0) is 13.4. The molecule has 1 fully saturated rings. The average molecular weight is 258 g/mol. The summed E-state index contributed by atoms with van der Waals surface area (Å²) in [6.45, 7) is 2.22. The van der Waals surface area contributed by atoms with E-state index in [0.717, 1.165) is 32.2 Å². The minimum atomic E-state index is 0.00754. The number of rotatable bonds is 7. The fourth-order valence-electron chi connectivity index (χ4n) is 2.56. The molecule has 1 aliphatic rings. The van der Waals surface area contributed by atoms with Gasteiger partial charge in [-0.25, -0.2) is 0 Å². The van der Waals surface area contributed by atoms with Crippen LogP contribution in [0, 0.1) is 11.8 Å². The summed E-state index contributed by atoms with van der Waals surface area (Å²) in [5, 5.41) is 9.01. The van der Waals surface area contributed by atoms with Gasteiger partial charge >= 0.3 is 0 Å². The van der Waals surface area contributed by atoms with Gasteiger partial charge in [0, 0.05) is 26.1 Å². The lowest BCUT2D eigenvalue weighted by molar-refractivity contribution is -0.138. The first-order valence-corrected chi connectivity index (χ1v) is 6.81. The molecule has 0 bridgehead atoms. The van der Waals surface area contributed by atoms with Gasteiger partial charge in [-0.15, -0.1) is 0 Å². The Bertz CT molecular complexity index is 240. The molecule has 0 spiro atoms. The summed E-state index contributed by atoms with van der Waals surface area (Å²) in [6, 6.07) is 0. The van der Waals surface area contributed by atoms with Crippen LogP contribution in [-0.2, 0) is 9.53 Å². The molecule has 0 saturated heterocycles. The van der Waals surface area contributed by atoms with Crippen molar-refractivity contribution in [2.24, 2.45) is 17.6 Å². The smallest absolute Gasteiger partial charge is 0.225 e. The molecule has 0 unspecified atom stereocenters. The second-order valence-electron chi connectivity index (χ2n) is 5.00. The SMILES string of the molecule is COCCN(CCO)C(=O)C1CCC(CN)CC1. The highest BCUT2D eigenvalue weighted by atomic mass is 16.5. The van der Waals surface area contributed by atoms with Crippen LogP contribution in [0.3, 0.4) is 0 Å². The number of carbonyl (C=O) groups excluding carboxylic acids is 1. The average Bonchev–Trinajstić information content (AvgIpc) is 2.43. The Kier molecular flexibility index (Phi) is 7.23. The van der Waals surface area contributed by atoms with E-state index in [1.807, 2.05) is 0 Å². The van der Waals surface area contributed by atoms with Gasteiger partial charge in [-0.1, -0.05) is 0 Å². The monoisotopic (exact) mass is 258 g/mol. The maximum absolute atomic E-state index is 12.3. The van der Waals surface area contributed by atoms with Crippen LogP contribution in [0.15, 0.2) is 0 Å². The van der Waals surface area contributed by atoms with Gasteiger partial charge in [0.2, 0.25) is 5.91 Å². The molecular formula is C13H26N2O3. The van der Waals surface area contributed by atoms with Crippen molar-refractivity contribution < 1.29 is 14.6 Å². The summed E-state index contributed by atoms with van der Waals surface area (Å²) in [6.07, 6.45) is 3.94. The second kappa shape index (κ2) is 8.45. The summed E-state index contributed by atoms with van der Waals surface area (Å²) in [4.78, 5) is 14.0. The van der Waals surface area contributed by atoms with E-state index < -0.39 is 0 Å². The molecule has 0 heterocycles. The molecular weight excluding hydrogens is 232 g/mol. The van der Waals surface area contributed by atoms with Crippen molar-refractivity contribution in [3.63, 3.8) is 0 Å². The molecule has 0 atom stereocenters. The van der Waals surface area contributed by atoms with E-state index in [9.17, 15) is 4.79 Å². The summed E-state index contributed by atoms with van der Waals surface area (Å²) >= 11 is 0. The van der Waals surface area contributed by atoms with E-state index in [0.29, 0.717) is 25.6 Å². The minimum absolute atomic E-state index is 0.00754. The molecule has 0 aromatic rings. The Morgan fingerprint density at radius 1 is 1.33 bits per heavy atom. The first-order valence-electron chi connectivity index (χ1n) is 6.81. The van der Waals surface area contributed by atoms with Gasteiger partial charge in [0.05, 0.1) is 13.2 Å². The third-order valence-corrected chi connectivity index (χ3v) is 3.78. The van der Waals surface area contributed by atoms with Crippen molar-refractivity contribution in [1.82, 2.24) is 4.90 Å². The predicted molar refractivity (Wildman–Crippen MR) is 70.0 cm³/mol. The zero-order valence-corrected chi connectivity index (χ0v) is 11.3. The second-order valence-corrected chi connectivity index (χ2v) is 5.00. The van der Waals surface area contributed by atoms with Crippen LogP contribution in [0.4, 0.5) is 0 Å². The van der Waals surface area contributed by atoms with Crippen molar-refractivity contribution in [3.8, 4) is 0 Å². The van der Waals surface area contributed by atoms with E-state index in [1.54, 1.807) is 12.0 Å². The number of methoxy groups -OCH3 is 1. The van der Waals surface area contributed by atoms with Gasteiger partial charge in [0.15, 0.2) is 0 Å². The van der Waals surface area contributed by atoms with Crippen LogP contribution in [0.5, 0.6) is 0 Å². The van der Waals surface area contributed by atoms with E-state index in [1.165, 1.54) is 0 Å². The van der Waals surface area contributed by atoms with Crippen LogP contribution in [0.1, 0.15) is 25.7 Å². The Labute approximate surface area is 109 Å². The maximum Gasteiger partial charge on any atom is 0.225 e. The number of amides is 1. The van der Waals surface area contributed by atoms with Gasteiger partial charge in [-0.2, -0.15) is 0 Å². The molecule has 18 heavy (non-hydrogen) atoms. The molecule has 0 aliphatic heterocycles. The highest BCUT2D eigenvalue weighted by molar-refractivity contribution is 5.78. The van der Waals surface area contributed by atoms with Crippen LogP contribution in [-0.4, -0.2) is 55.9 Å². The fraction of sp³-hybridized carbons (Fsp3) is 0.923. The lowest BCUT2D eigenvalue weighted by Crippen LogP contribution is -2.41. The summed E-state index contributed by atoms with van der Waals surface area (Å²) < 4.78 is 5.00. The molecule has 1 aliphatic carbocycles. The predicted octanol–water partition coefficient (Wildman–Crippen LogP) is 0.219. The molecule has 1 rings (SSSR count). The number of aliphatic hydroxyl groups excluding tert-OH is 1. The molecule has 0 aromatic heterocycles. The van der Waals surface area contributed by atoms with Crippen molar-refractivity contribution in [1.29, 1.82) is 0 Å². The number of nitrogens with zero attached hydrogens (tertiary/aromatic N) is 1. The Morgan fingerprint density at radius 2 is 2.00 bits per heavy atom. The largest absolute Gasteiger partial charge is 0.395 e. The standard InChI is InChI=1S/C13H26N2O3/c1-18-9-7-15(6-8-16)13(17)12-4-2-11(10-14)3-5-12/h11-12,16H,2-10,14H2,1H3. The summed E-state index contributed by atoms with van der Waals surface area (Å²) in [7, 11) is 1.62. The maximum atomic E-state index is 12.3. The number of aliphatic hydroxyl groups is 1. The van der Waals surface area contributed by atoms with E-state index >= 15 is 0 Å². The number of nitrogens with two attached hydrogens (primary N) is 1. The molecule has 1 amide bonds. The molecule has 106 valence electrons. The van der Waals surface area contributed by atoms with Gasteiger partial charge in [-0.3, -0.25) is 4.79 Å². The minimum Gasteiger partial charge on any atom is -0.395 e. The van der Waals surface area contributed by atoms with Crippen molar-refractivity contribution in [2.75, 3.05) is 40.0 Å². The number of carbonyl (C=O) groups is 1. The Morgan fingerprint density at radius 3 is 2.50 bits per heavy atom. The molecule has 0 radical (unpaired) electrons. The molecule has 1 saturated carbocycles. The molecule has 5 nitrogen and oxygen atoms in total. The molecule has 0 aromatic carbocycles. The van der Waals surface area contributed by atoms with Crippen LogP contribution in [0.25, 0.3) is 0 Å². The quantitative estimate of drug-likeness (QED) is 0.685. The highest BCUT2D eigenvalue weighted by Crippen LogP contribution is 2.29. The van der Waals surface area contributed by atoms with Crippen LogP contribution < -0.4 is 5.73 Å².